The number of carbonyl (C=O) groups excluding carboxylic acids is 1. The highest BCUT2D eigenvalue weighted by molar-refractivity contribution is 5.96. The second-order valence-electron chi connectivity index (χ2n) is 3.39. The van der Waals surface area contributed by atoms with E-state index in [1.165, 1.54) is 24.5 Å². The molecule has 0 fully saturated rings. The van der Waals surface area contributed by atoms with E-state index in [1.54, 1.807) is 0 Å². The number of nitrogens with two attached hydrogens (primary N) is 1. The van der Waals surface area contributed by atoms with Crippen LogP contribution in [0.1, 0.15) is 16.8 Å². The summed E-state index contributed by atoms with van der Waals surface area (Å²) in [5.41, 5.74) is 5.85. The first kappa shape index (κ1) is 12.9. The summed E-state index contributed by atoms with van der Waals surface area (Å²) in [4.78, 5) is 25.9. The molecule has 1 unspecified atom stereocenters. The maximum Gasteiger partial charge on any atom is 0.337 e. The molecule has 0 aliphatic rings. The Kier molecular flexibility index (Phi) is 4.36. The van der Waals surface area contributed by atoms with Crippen LogP contribution in [-0.4, -0.2) is 28.0 Å². The highest BCUT2D eigenvalue weighted by atomic mass is 16.4. The fourth-order valence-corrected chi connectivity index (χ4v) is 1.15. The number of nitrogens with zero attached hydrogens (tertiary/aromatic N) is 1. The van der Waals surface area contributed by atoms with E-state index in [0.29, 0.717) is 12.1 Å². The molecule has 4 N–H and O–H groups in total. The molecule has 0 radical (unpaired) electrons. The summed E-state index contributed by atoms with van der Waals surface area (Å²) in [5, 5.41) is 11.2. The Morgan fingerprint density at radius 1 is 1.59 bits per heavy atom. The number of amides is 1. The Balaban J connectivity index is 2.74. The lowest BCUT2D eigenvalue weighted by molar-refractivity contribution is -0.117. The van der Waals surface area contributed by atoms with Gasteiger partial charge in [-0.3, -0.25) is 9.78 Å². The summed E-state index contributed by atoms with van der Waals surface area (Å²) < 4.78 is 0. The fourth-order valence-electron chi connectivity index (χ4n) is 1.15. The van der Waals surface area contributed by atoms with Crippen LogP contribution in [0, 0.1) is 0 Å². The van der Waals surface area contributed by atoms with Crippen molar-refractivity contribution in [1.82, 2.24) is 4.98 Å². The van der Waals surface area contributed by atoms with Crippen LogP contribution < -0.4 is 11.1 Å². The number of hydrogen-bond acceptors (Lipinski definition) is 4. The number of pyridine rings is 1. The standard InChI is InChI=1S/C11H13N3O3/c1-2-3-9(12)10(15)14-8-4-7(11(16)17)5-13-6-8/h2,4-6,9H,1,3,12H2,(H,14,15)(H,16,17). The van der Waals surface area contributed by atoms with E-state index in [1.807, 2.05) is 0 Å². The number of aromatic nitrogens is 1. The van der Waals surface area contributed by atoms with Crippen LogP contribution in [0.2, 0.25) is 0 Å². The van der Waals surface area contributed by atoms with Gasteiger partial charge in [0.25, 0.3) is 0 Å². The second kappa shape index (κ2) is 5.76. The Hall–Kier alpha value is -2.21. The van der Waals surface area contributed by atoms with E-state index in [-0.39, 0.29) is 5.56 Å². The van der Waals surface area contributed by atoms with Crippen molar-refractivity contribution in [2.24, 2.45) is 5.73 Å². The van der Waals surface area contributed by atoms with E-state index in [4.69, 9.17) is 10.8 Å². The minimum atomic E-state index is -1.11. The van der Waals surface area contributed by atoms with Crippen LogP contribution >= 0.6 is 0 Å². The van der Waals surface area contributed by atoms with E-state index < -0.39 is 17.9 Å². The number of rotatable bonds is 5. The molecule has 1 aromatic heterocycles. The number of aromatic carboxylic acids is 1. The molecule has 1 rings (SSSR count). The molecule has 0 spiro atoms. The zero-order valence-corrected chi connectivity index (χ0v) is 9.09. The highest BCUT2D eigenvalue weighted by Gasteiger charge is 2.12. The summed E-state index contributed by atoms with van der Waals surface area (Å²) in [6.45, 7) is 3.48. The molecule has 6 nitrogen and oxygen atoms in total. The monoisotopic (exact) mass is 235 g/mol. The lowest BCUT2D eigenvalue weighted by Crippen LogP contribution is -2.35. The average Bonchev–Trinajstić information content (AvgIpc) is 2.29. The number of carbonyl (C=O) groups is 2. The summed E-state index contributed by atoms with van der Waals surface area (Å²) in [6.07, 6.45) is 4.43. The predicted molar refractivity (Wildman–Crippen MR) is 62.6 cm³/mol. The Labute approximate surface area is 98.2 Å². The molecular weight excluding hydrogens is 222 g/mol. The van der Waals surface area contributed by atoms with Gasteiger partial charge in [0.05, 0.1) is 23.5 Å². The molecular formula is C11H13N3O3. The SMILES string of the molecule is C=CCC(N)C(=O)Nc1cncc(C(=O)O)c1. The predicted octanol–water partition coefficient (Wildman–Crippen LogP) is 0.622. The van der Waals surface area contributed by atoms with E-state index in [9.17, 15) is 9.59 Å². The van der Waals surface area contributed by atoms with Gasteiger partial charge < -0.3 is 16.2 Å². The van der Waals surface area contributed by atoms with Crippen LogP contribution in [0.15, 0.2) is 31.1 Å². The third-order valence-electron chi connectivity index (χ3n) is 2.01. The van der Waals surface area contributed by atoms with Crippen LogP contribution in [-0.2, 0) is 4.79 Å². The molecule has 6 heteroatoms. The summed E-state index contributed by atoms with van der Waals surface area (Å²) >= 11 is 0. The third-order valence-corrected chi connectivity index (χ3v) is 2.01. The second-order valence-corrected chi connectivity index (χ2v) is 3.39. The van der Waals surface area contributed by atoms with Crippen LogP contribution in [0.3, 0.4) is 0 Å². The molecule has 0 saturated heterocycles. The van der Waals surface area contributed by atoms with Crippen molar-refractivity contribution in [3.05, 3.63) is 36.7 Å². The number of carboxylic acid groups (broad SMARTS) is 1. The number of hydrogen-bond donors (Lipinski definition) is 3. The molecule has 1 heterocycles. The van der Waals surface area contributed by atoms with Crippen molar-refractivity contribution in [1.29, 1.82) is 0 Å². The van der Waals surface area contributed by atoms with Gasteiger partial charge in [0.1, 0.15) is 0 Å². The molecule has 17 heavy (non-hydrogen) atoms. The maximum absolute atomic E-state index is 11.5. The van der Waals surface area contributed by atoms with Crippen LogP contribution in [0.4, 0.5) is 5.69 Å². The molecule has 0 bridgehead atoms. The molecule has 0 aliphatic carbocycles. The normalized spacial score (nSPS) is 11.6. The first-order chi connectivity index (χ1) is 8.04. The summed E-state index contributed by atoms with van der Waals surface area (Å²) in [5.74, 6) is -1.52. The minimum absolute atomic E-state index is 0.0000853. The fraction of sp³-hybridized carbons (Fsp3) is 0.182. The molecule has 1 aromatic rings. The van der Waals surface area contributed by atoms with Gasteiger partial charge in [-0.1, -0.05) is 6.08 Å². The molecule has 1 atom stereocenters. The van der Waals surface area contributed by atoms with Gasteiger partial charge in [-0.05, 0) is 12.5 Å². The van der Waals surface area contributed by atoms with Crippen molar-refractivity contribution in [3.63, 3.8) is 0 Å². The van der Waals surface area contributed by atoms with Crippen molar-refractivity contribution in [2.75, 3.05) is 5.32 Å². The number of nitrogens with one attached hydrogen (secondary N) is 1. The van der Waals surface area contributed by atoms with Crippen molar-refractivity contribution < 1.29 is 14.7 Å². The van der Waals surface area contributed by atoms with Crippen molar-refractivity contribution >= 4 is 17.6 Å². The lowest BCUT2D eigenvalue weighted by Gasteiger charge is -2.10. The highest BCUT2D eigenvalue weighted by Crippen LogP contribution is 2.09. The van der Waals surface area contributed by atoms with Gasteiger partial charge in [-0.25, -0.2) is 4.79 Å². The largest absolute Gasteiger partial charge is 0.478 e. The molecule has 0 aromatic carbocycles. The van der Waals surface area contributed by atoms with Crippen molar-refractivity contribution in [3.8, 4) is 0 Å². The molecule has 1 amide bonds. The van der Waals surface area contributed by atoms with Gasteiger partial charge in [0, 0.05) is 6.20 Å². The minimum Gasteiger partial charge on any atom is -0.478 e. The van der Waals surface area contributed by atoms with E-state index >= 15 is 0 Å². The van der Waals surface area contributed by atoms with Gasteiger partial charge >= 0.3 is 5.97 Å². The Bertz CT molecular complexity index is 445. The zero-order chi connectivity index (χ0) is 12.8. The third kappa shape index (κ3) is 3.69. The molecule has 90 valence electrons. The lowest BCUT2D eigenvalue weighted by atomic mass is 10.2. The van der Waals surface area contributed by atoms with Gasteiger partial charge in [-0.15, -0.1) is 6.58 Å². The first-order valence-electron chi connectivity index (χ1n) is 4.90. The van der Waals surface area contributed by atoms with Crippen molar-refractivity contribution in [2.45, 2.75) is 12.5 Å². The van der Waals surface area contributed by atoms with Crippen LogP contribution in [0.25, 0.3) is 0 Å². The van der Waals surface area contributed by atoms with E-state index in [2.05, 4.69) is 16.9 Å². The van der Waals surface area contributed by atoms with Gasteiger partial charge in [-0.2, -0.15) is 0 Å². The van der Waals surface area contributed by atoms with E-state index in [0.717, 1.165) is 0 Å². The smallest absolute Gasteiger partial charge is 0.337 e. The van der Waals surface area contributed by atoms with Gasteiger partial charge in [0.2, 0.25) is 5.91 Å². The number of anilines is 1. The Morgan fingerprint density at radius 2 is 2.29 bits per heavy atom. The summed E-state index contributed by atoms with van der Waals surface area (Å²) in [7, 11) is 0. The zero-order valence-electron chi connectivity index (χ0n) is 9.09. The number of carboxylic acids is 1. The quantitative estimate of drug-likeness (QED) is 0.649. The average molecular weight is 235 g/mol. The Morgan fingerprint density at radius 3 is 2.88 bits per heavy atom. The first-order valence-corrected chi connectivity index (χ1v) is 4.90. The topological polar surface area (TPSA) is 105 Å². The van der Waals surface area contributed by atoms with Gasteiger partial charge in [0.15, 0.2) is 0 Å². The summed E-state index contributed by atoms with van der Waals surface area (Å²) in [6, 6.07) is 0.606. The molecule has 0 saturated carbocycles. The maximum atomic E-state index is 11.5. The van der Waals surface area contributed by atoms with Crippen LogP contribution in [0.5, 0.6) is 0 Å². The molecule has 0 aliphatic heterocycles.